The maximum Gasteiger partial charge on any atom is 0.228 e. The van der Waals surface area contributed by atoms with Crippen LogP contribution in [-0.2, 0) is 6.67 Å². The second kappa shape index (κ2) is 4.31. The van der Waals surface area contributed by atoms with E-state index < -0.39 is 0 Å². The molecule has 0 aliphatic carbocycles. The van der Waals surface area contributed by atoms with E-state index in [1.807, 2.05) is 0 Å². The molecule has 3 aromatic carbocycles. The number of fused-ring (bicyclic) bond motifs is 2. The molecule has 22 heavy (non-hydrogen) atoms. The van der Waals surface area contributed by atoms with E-state index in [0.717, 1.165) is 6.67 Å². The molecule has 2 nitrogen and oxygen atoms in total. The molecule has 2 heterocycles. The highest BCUT2D eigenvalue weighted by atomic mass is 15.2. The van der Waals surface area contributed by atoms with E-state index in [4.69, 9.17) is 0 Å². The zero-order valence-corrected chi connectivity index (χ0v) is 12.1. The number of hydrogen-bond donors (Lipinski definition) is 0. The Morgan fingerprint density at radius 3 is 2.55 bits per heavy atom. The molecule has 2 heteroatoms. The second-order valence-electron chi connectivity index (χ2n) is 5.81. The molecule has 0 saturated carbocycles. The monoisotopic (exact) mass is 283 g/mol. The van der Waals surface area contributed by atoms with Gasteiger partial charge in [0.1, 0.15) is 0 Å². The van der Waals surface area contributed by atoms with Crippen molar-refractivity contribution >= 4 is 33.6 Å². The van der Waals surface area contributed by atoms with Crippen LogP contribution in [0.15, 0.2) is 72.9 Å². The van der Waals surface area contributed by atoms with Gasteiger partial charge in [-0.2, -0.15) is 4.58 Å². The normalized spacial score (nSPS) is 13.5. The van der Waals surface area contributed by atoms with E-state index in [1.54, 1.807) is 0 Å². The fourth-order valence-corrected chi connectivity index (χ4v) is 3.46. The molecule has 0 N–H and O–H groups in total. The lowest BCUT2D eigenvalue weighted by atomic mass is 10.0. The van der Waals surface area contributed by atoms with Crippen LogP contribution in [0.1, 0.15) is 5.56 Å². The van der Waals surface area contributed by atoms with Crippen molar-refractivity contribution in [2.75, 3.05) is 0 Å². The Labute approximate surface area is 128 Å². The van der Waals surface area contributed by atoms with Crippen molar-refractivity contribution in [2.24, 2.45) is 0 Å². The minimum atomic E-state index is 0.860. The molecule has 0 radical (unpaired) electrons. The number of rotatable bonds is 1. The van der Waals surface area contributed by atoms with Crippen molar-refractivity contribution in [1.82, 2.24) is 4.57 Å². The highest BCUT2D eigenvalue weighted by molar-refractivity contribution is 6.12. The average Bonchev–Trinajstić information content (AvgIpc) is 2.99. The van der Waals surface area contributed by atoms with E-state index in [2.05, 4.69) is 88.3 Å². The van der Waals surface area contributed by atoms with Crippen molar-refractivity contribution in [3.63, 3.8) is 0 Å². The van der Waals surface area contributed by atoms with Gasteiger partial charge in [-0.25, -0.2) is 0 Å². The topological polar surface area (TPSA) is 7.94 Å². The molecule has 1 aliphatic heterocycles. The first-order valence-electron chi connectivity index (χ1n) is 7.57. The number of hydrogen-bond acceptors (Lipinski definition) is 0. The second-order valence-corrected chi connectivity index (χ2v) is 5.81. The summed E-state index contributed by atoms with van der Waals surface area (Å²) < 4.78 is 4.65. The lowest BCUT2D eigenvalue weighted by Gasteiger charge is -2.14. The first kappa shape index (κ1) is 11.8. The third kappa shape index (κ3) is 1.58. The Morgan fingerprint density at radius 1 is 0.818 bits per heavy atom. The first-order valence-corrected chi connectivity index (χ1v) is 7.57. The number of benzene rings is 3. The SMILES string of the molecule is C1=[N+](c2ccccc2)Cn2ccc3cc4ccccc4c1c32. The molecule has 0 saturated heterocycles. The van der Waals surface area contributed by atoms with Crippen molar-refractivity contribution in [2.45, 2.75) is 6.67 Å². The molecular weight excluding hydrogens is 268 g/mol. The minimum Gasteiger partial charge on any atom is -0.291 e. The maximum atomic E-state index is 2.34. The standard InChI is InChI=1S/C20H15N2/c1-2-7-17(8-3-1)22-13-19-18-9-5-4-6-15(18)12-16-10-11-21(14-22)20(16)19/h1-13H,14H2/q+1. The third-order valence-electron chi connectivity index (χ3n) is 4.49. The summed E-state index contributed by atoms with van der Waals surface area (Å²) >= 11 is 0. The third-order valence-corrected chi connectivity index (χ3v) is 4.49. The van der Waals surface area contributed by atoms with Gasteiger partial charge in [0.2, 0.25) is 12.4 Å². The molecule has 0 fully saturated rings. The van der Waals surface area contributed by atoms with Crippen LogP contribution in [0.3, 0.4) is 0 Å². The zero-order chi connectivity index (χ0) is 14.5. The highest BCUT2D eigenvalue weighted by Crippen LogP contribution is 2.31. The molecule has 104 valence electrons. The van der Waals surface area contributed by atoms with Crippen LogP contribution in [0.5, 0.6) is 0 Å². The molecular formula is C20H15N2+. The fourth-order valence-electron chi connectivity index (χ4n) is 3.46. The molecule has 4 aromatic rings. The molecule has 0 atom stereocenters. The van der Waals surface area contributed by atoms with Gasteiger partial charge < -0.3 is 0 Å². The minimum absolute atomic E-state index is 0.860. The van der Waals surface area contributed by atoms with Crippen LogP contribution in [0.25, 0.3) is 21.7 Å². The summed E-state index contributed by atoms with van der Waals surface area (Å²) in [5, 5.41) is 3.93. The highest BCUT2D eigenvalue weighted by Gasteiger charge is 2.21. The lowest BCUT2D eigenvalue weighted by Crippen LogP contribution is -2.18. The molecule has 1 aromatic heterocycles. The summed E-state index contributed by atoms with van der Waals surface area (Å²) in [5.41, 5.74) is 3.88. The van der Waals surface area contributed by atoms with E-state index in [-0.39, 0.29) is 0 Å². The molecule has 1 aliphatic rings. The van der Waals surface area contributed by atoms with Crippen LogP contribution in [0.2, 0.25) is 0 Å². The quantitative estimate of drug-likeness (QED) is 0.454. The number of aromatic nitrogens is 1. The van der Waals surface area contributed by atoms with Crippen LogP contribution in [0.4, 0.5) is 5.69 Å². The molecule has 0 unspecified atom stereocenters. The van der Waals surface area contributed by atoms with E-state index in [0.29, 0.717) is 0 Å². The van der Waals surface area contributed by atoms with E-state index >= 15 is 0 Å². The van der Waals surface area contributed by atoms with Gasteiger partial charge in [-0.05, 0) is 22.9 Å². The van der Waals surface area contributed by atoms with Gasteiger partial charge in [-0.1, -0.05) is 42.5 Å². The summed E-state index contributed by atoms with van der Waals surface area (Å²) in [7, 11) is 0. The summed E-state index contributed by atoms with van der Waals surface area (Å²) in [5.74, 6) is 0. The number of para-hydroxylation sites is 1. The first-order chi connectivity index (χ1) is 10.9. The van der Waals surface area contributed by atoms with Gasteiger partial charge in [0.15, 0.2) is 6.21 Å². The molecule has 0 bridgehead atoms. The maximum absolute atomic E-state index is 2.34. The number of nitrogens with zero attached hydrogens (tertiary/aromatic N) is 2. The smallest absolute Gasteiger partial charge is 0.228 e. The van der Waals surface area contributed by atoms with Crippen LogP contribution >= 0.6 is 0 Å². The Balaban J connectivity index is 1.87. The Hall–Kier alpha value is -2.87. The Morgan fingerprint density at radius 2 is 1.64 bits per heavy atom. The predicted octanol–water partition coefficient (Wildman–Crippen LogP) is 4.53. The van der Waals surface area contributed by atoms with Crippen molar-refractivity contribution in [1.29, 1.82) is 0 Å². The van der Waals surface area contributed by atoms with Gasteiger partial charge in [0.05, 0.1) is 11.1 Å². The molecule has 0 spiro atoms. The van der Waals surface area contributed by atoms with Gasteiger partial charge >= 0.3 is 0 Å². The van der Waals surface area contributed by atoms with Gasteiger partial charge in [-0.3, -0.25) is 4.57 Å². The van der Waals surface area contributed by atoms with Gasteiger partial charge in [0.25, 0.3) is 0 Å². The summed E-state index contributed by atoms with van der Waals surface area (Å²) in [6.07, 6.45) is 4.48. The fraction of sp³-hybridized carbons (Fsp3) is 0.0500. The zero-order valence-electron chi connectivity index (χ0n) is 12.1. The van der Waals surface area contributed by atoms with Gasteiger partial charge in [-0.15, -0.1) is 0 Å². The summed E-state index contributed by atoms with van der Waals surface area (Å²) in [6, 6.07) is 23.7. The van der Waals surface area contributed by atoms with Gasteiger partial charge in [0, 0.05) is 23.7 Å². The lowest BCUT2D eigenvalue weighted by molar-refractivity contribution is -0.471. The van der Waals surface area contributed by atoms with Crippen molar-refractivity contribution in [3.05, 3.63) is 78.5 Å². The van der Waals surface area contributed by atoms with Crippen LogP contribution in [-0.4, -0.2) is 15.4 Å². The summed E-state index contributed by atoms with van der Waals surface area (Å²) in [4.78, 5) is 0. The van der Waals surface area contributed by atoms with Crippen molar-refractivity contribution in [3.8, 4) is 0 Å². The van der Waals surface area contributed by atoms with E-state index in [1.165, 1.54) is 32.9 Å². The molecule has 0 amide bonds. The summed E-state index contributed by atoms with van der Waals surface area (Å²) in [6.45, 7) is 0.860. The van der Waals surface area contributed by atoms with Crippen LogP contribution in [0, 0.1) is 0 Å². The Bertz CT molecular complexity index is 1040. The van der Waals surface area contributed by atoms with E-state index in [9.17, 15) is 0 Å². The molecule has 5 rings (SSSR count). The predicted molar refractivity (Wildman–Crippen MR) is 91.0 cm³/mol. The van der Waals surface area contributed by atoms with Crippen LogP contribution < -0.4 is 0 Å². The Kier molecular flexibility index (Phi) is 2.30. The van der Waals surface area contributed by atoms with Crippen molar-refractivity contribution < 1.29 is 4.58 Å². The average molecular weight is 283 g/mol. The largest absolute Gasteiger partial charge is 0.291 e.